The molecule has 1 heterocycles. The van der Waals surface area contributed by atoms with E-state index in [0.717, 1.165) is 22.6 Å². The SMILES string of the molecule is Cc1ccccc1OCc1nc(C)c(C(=O)O)s1.[Cl-]. The molecule has 19 heavy (non-hydrogen) atoms. The molecule has 1 N–H and O–H groups in total. The fourth-order valence-electron chi connectivity index (χ4n) is 1.57. The molecule has 0 saturated carbocycles. The minimum atomic E-state index is -0.938. The highest BCUT2D eigenvalue weighted by molar-refractivity contribution is 7.13. The Hall–Kier alpha value is -1.59. The Morgan fingerprint density at radius 2 is 2.05 bits per heavy atom. The third kappa shape index (κ3) is 3.68. The average Bonchev–Trinajstić information content (AvgIpc) is 2.70. The number of hydrogen-bond acceptors (Lipinski definition) is 4. The van der Waals surface area contributed by atoms with Crippen LogP contribution >= 0.6 is 11.3 Å². The molecule has 0 aliphatic carbocycles. The van der Waals surface area contributed by atoms with E-state index in [1.54, 1.807) is 6.92 Å². The van der Waals surface area contributed by atoms with Crippen LogP contribution in [-0.4, -0.2) is 16.1 Å². The average molecular weight is 299 g/mol. The van der Waals surface area contributed by atoms with Crippen molar-refractivity contribution in [1.82, 2.24) is 4.98 Å². The van der Waals surface area contributed by atoms with Crippen LogP contribution in [0.1, 0.15) is 25.9 Å². The Balaban J connectivity index is 0.00000180. The third-order valence-electron chi connectivity index (χ3n) is 2.48. The van der Waals surface area contributed by atoms with Gasteiger partial charge in [-0.2, -0.15) is 0 Å². The lowest BCUT2D eigenvalue weighted by Gasteiger charge is -2.06. The zero-order valence-electron chi connectivity index (χ0n) is 10.5. The zero-order valence-corrected chi connectivity index (χ0v) is 12.1. The summed E-state index contributed by atoms with van der Waals surface area (Å²) in [5, 5.41) is 9.61. The van der Waals surface area contributed by atoms with Crippen LogP contribution in [0.15, 0.2) is 24.3 Å². The summed E-state index contributed by atoms with van der Waals surface area (Å²) in [7, 11) is 0. The maximum atomic E-state index is 10.9. The second-order valence-corrected chi connectivity index (χ2v) is 4.97. The monoisotopic (exact) mass is 298 g/mol. The first-order valence-corrected chi connectivity index (χ1v) is 6.27. The second kappa shape index (κ2) is 6.54. The second-order valence-electron chi connectivity index (χ2n) is 3.88. The minimum absolute atomic E-state index is 0. The Morgan fingerprint density at radius 1 is 1.37 bits per heavy atom. The van der Waals surface area contributed by atoms with Crippen LogP contribution in [0.4, 0.5) is 0 Å². The summed E-state index contributed by atoms with van der Waals surface area (Å²) in [4.78, 5) is 15.4. The summed E-state index contributed by atoms with van der Waals surface area (Å²) in [5.41, 5.74) is 1.58. The Kier molecular flexibility index (Phi) is 5.32. The molecule has 0 atom stereocenters. The number of aromatic nitrogens is 1. The van der Waals surface area contributed by atoms with Crippen molar-refractivity contribution in [3.8, 4) is 5.75 Å². The molecule has 0 fully saturated rings. The third-order valence-corrected chi connectivity index (χ3v) is 3.60. The first-order chi connectivity index (χ1) is 8.58. The molecule has 0 saturated heterocycles. The van der Waals surface area contributed by atoms with Gasteiger partial charge in [0, 0.05) is 0 Å². The quantitative estimate of drug-likeness (QED) is 0.866. The molecule has 0 radical (unpaired) electrons. The summed E-state index contributed by atoms with van der Waals surface area (Å²) in [5.74, 6) is -0.144. The van der Waals surface area contributed by atoms with E-state index in [1.807, 2.05) is 31.2 Å². The van der Waals surface area contributed by atoms with Crippen molar-refractivity contribution in [3.05, 3.63) is 45.4 Å². The maximum absolute atomic E-state index is 10.9. The van der Waals surface area contributed by atoms with Gasteiger partial charge >= 0.3 is 5.97 Å². The molecular weight excluding hydrogens is 286 g/mol. The van der Waals surface area contributed by atoms with Gasteiger partial charge in [-0.3, -0.25) is 0 Å². The highest BCUT2D eigenvalue weighted by atomic mass is 35.5. The van der Waals surface area contributed by atoms with Crippen molar-refractivity contribution in [2.45, 2.75) is 20.5 Å². The van der Waals surface area contributed by atoms with Gasteiger partial charge in [0.2, 0.25) is 0 Å². The van der Waals surface area contributed by atoms with E-state index in [9.17, 15) is 4.79 Å². The molecule has 0 aliphatic rings. The van der Waals surface area contributed by atoms with Gasteiger partial charge < -0.3 is 22.3 Å². The molecule has 0 aliphatic heterocycles. The van der Waals surface area contributed by atoms with Crippen LogP contribution in [0.5, 0.6) is 5.75 Å². The van der Waals surface area contributed by atoms with E-state index >= 15 is 0 Å². The van der Waals surface area contributed by atoms with Gasteiger partial charge in [0.15, 0.2) is 0 Å². The van der Waals surface area contributed by atoms with Crippen molar-refractivity contribution in [1.29, 1.82) is 0 Å². The topological polar surface area (TPSA) is 59.4 Å². The predicted molar refractivity (Wildman–Crippen MR) is 69.3 cm³/mol. The predicted octanol–water partition coefficient (Wildman–Crippen LogP) is 0.0411. The normalized spacial score (nSPS) is 9.79. The van der Waals surface area contributed by atoms with Crippen LogP contribution in [0.2, 0.25) is 0 Å². The molecule has 0 unspecified atom stereocenters. The molecule has 1 aromatic carbocycles. The number of ether oxygens (including phenoxy) is 1. The summed E-state index contributed by atoms with van der Waals surface area (Å²) in [6, 6.07) is 7.69. The van der Waals surface area contributed by atoms with Gasteiger partial charge in [-0.25, -0.2) is 9.78 Å². The van der Waals surface area contributed by atoms with Crippen LogP contribution in [0.3, 0.4) is 0 Å². The lowest BCUT2D eigenvalue weighted by atomic mass is 10.2. The van der Waals surface area contributed by atoms with Crippen LogP contribution in [0.25, 0.3) is 0 Å². The van der Waals surface area contributed by atoms with Gasteiger partial charge in [0.25, 0.3) is 0 Å². The highest BCUT2D eigenvalue weighted by Crippen LogP contribution is 2.21. The maximum Gasteiger partial charge on any atom is 0.347 e. The Morgan fingerprint density at radius 3 is 2.63 bits per heavy atom. The number of nitrogens with zero attached hydrogens (tertiary/aromatic N) is 1. The van der Waals surface area contributed by atoms with Crippen LogP contribution < -0.4 is 17.1 Å². The van der Waals surface area contributed by atoms with Gasteiger partial charge in [0.1, 0.15) is 22.2 Å². The van der Waals surface area contributed by atoms with Crippen LogP contribution in [0, 0.1) is 13.8 Å². The molecule has 2 rings (SSSR count). The number of aryl methyl sites for hydroxylation is 2. The summed E-state index contributed by atoms with van der Waals surface area (Å²) < 4.78 is 5.63. The molecule has 0 amide bonds. The van der Waals surface area contributed by atoms with Gasteiger partial charge in [-0.05, 0) is 25.5 Å². The number of thiazole rings is 1. The van der Waals surface area contributed by atoms with Crippen molar-refractivity contribution < 1.29 is 27.0 Å². The molecule has 0 spiro atoms. The number of carbonyl (C=O) groups is 1. The van der Waals surface area contributed by atoms with Crippen molar-refractivity contribution >= 4 is 17.3 Å². The number of para-hydroxylation sites is 1. The summed E-state index contributed by atoms with van der Waals surface area (Å²) >= 11 is 1.16. The number of hydrogen-bond donors (Lipinski definition) is 1. The molecule has 4 nitrogen and oxygen atoms in total. The van der Waals surface area contributed by atoms with E-state index in [-0.39, 0.29) is 17.3 Å². The molecular formula is C13H13ClNO3S-. The fourth-order valence-corrected chi connectivity index (χ4v) is 2.39. The van der Waals surface area contributed by atoms with E-state index < -0.39 is 5.97 Å². The minimum Gasteiger partial charge on any atom is -1.00 e. The first-order valence-electron chi connectivity index (χ1n) is 5.46. The molecule has 0 bridgehead atoms. The zero-order chi connectivity index (χ0) is 13.1. The number of halogens is 1. The standard InChI is InChI=1S/C13H13NO3S.ClH/c1-8-5-3-4-6-10(8)17-7-11-14-9(2)12(18-11)13(15)16;/h3-6H,7H2,1-2H3,(H,15,16);1H/p-1. The lowest BCUT2D eigenvalue weighted by Crippen LogP contribution is -3.00. The van der Waals surface area contributed by atoms with E-state index in [4.69, 9.17) is 9.84 Å². The Bertz CT molecular complexity index is 583. The van der Waals surface area contributed by atoms with Crippen LogP contribution in [-0.2, 0) is 6.61 Å². The number of aromatic carboxylic acids is 1. The molecule has 6 heteroatoms. The largest absolute Gasteiger partial charge is 1.00 e. The lowest BCUT2D eigenvalue weighted by molar-refractivity contribution is -0.0000200. The number of benzene rings is 1. The highest BCUT2D eigenvalue weighted by Gasteiger charge is 2.14. The number of rotatable bonds is 4. The summed E-state index contributed by atoms with van der Waals surface area (Å²) in [6.07, 6.45) is 0. The van der Waals surface area contributed by atoms with E-state index in [0.29, 0.717) is 17.3 Å². The van der Waals surface area contributed by atoms with Gasteiger partial charge in [0.05, 0.1) is 5.69 Å². The molecule has 102 valence electrons. The summed E-state index contributed by atoms with van der Waals surface area (Å²) in [6.45, 7) is 3.95. The molecule has 1 aromatic heterocycles. The number of carboxylic acid groups (broad SMARTS) is 1. The van der Waals surface area contributed by atoms with Crippen molar-refractivity contribution in [2.75, 3.05) is 0 Å². The number of carboxylic acids is 1. The first kappa shape index (κ1) is 15.5. The van der Waals surface area contributed by atoms with Crippen molar-refractivity contribution in [2.24, 2.45) is 0 Å². The fraction of sp³-hybridized carbons (Fsp3) is 0.231. The van der Waals surface area contributed by atoms with Gasteiger partial charge in [-0.15, -0.1) is 11.3 Å². The van der Waals surface area contributed by atoms with E-state index in [2.05, 4.69) is 4.98 Å². The van der Waals surface area contributed by atoms with E-state index in [1.165, 1.54) is 0 Å². The smallest absolute Gasteiger partial charge is 0.347 e. The molecule has 2 aromatic rings. The Labute approximate surface area is 121 Å². The van der Waals surface area contributed by atoms with Crippen molar-refractivity contribution in [3.63, 3.8) is 0 Å². The van der Waals surface area contributed by atoms with Gasteiger partial charge in [-0.1, -0.05) is 18.2 Å².